The van der Waals surface area contributed by atoms with Crippen molar-refractivity contribution in [2.75, 3.05) is 7.11 Å². The largest absolute Gasteiger partial charge is 0.373 e. The Morgan fingerprint density at radius 1 is 0.958 bits per heavy atom. The molecule has 1 aromatic carbocycles. The molecule has 0 spiro atoms. The zero-order chi connectivity index (χ0) is 17.2. The first kappa shape index (κ1) is 16.6. The second-order valence-electron chi connectivity index (χ2n) is 6.09. The predicted molar refractivity (Wildman–Crippen MR) is 97.9 cm³/mol. The fourth-order valence-electron chi connectivity index (χ4n) is 2.48. The van der Waals surface area contributed by atoms with Crippen molar-refractivity contribution in [2.24, 2.45) is 0 Å². The highest BCUT2D eigenvalue weighted by atomic mass is 35.5. The Bertz CT molecular complexity index is 862. The molecule has 0 saturated heterocycles. The van der Waals surface area contributed by atoms with Gasteiger partial charge in [0.05, 0.1) is 5.69 Å². The maximum atomic E-state index is 6.31. The number of hydrogen-bond donors (Lipinski definition) is 0. The summed E-state index contributed by atoms with van der Waals surface area (Å²) in [6.45, 7) is 4.00. The molecule has 0 bridgehead atoms. The molecule has 4 heteroatoms. The minimum Gasteiger partial charge on any atom is -0.373 e. The molecule has 0 aliphatic rings. The Morgan fingerprint density at radius 2 is 1.71 bits per heavy atom. The molecular formula is C20H19ClN2O. The van der Waals surface area contributed by atoms with Gasteiger partial charge in [0.1, 0.15) is 5.60 Å². The highest BCUT2D eigenvalue weighted by Gasteiger charge is 2.21. The molecule has 2 aromatic heterocycles. The van der Waals surface area contributed by atoms with Gasteiger partial charge in [0.2, 0.25) is 0 Å². The summed E-state index contributed by atoms with van der Waals surface area (Å²) in [4.78, 5) is 8.82. The van der Waals surface area contributed by atoms with Crippen molar-refractivity contribution in [1.82, 2.24) is 9.97 Å². The van der Waals surface area contributed by atoms with E-state index in [9.17, 15) is 0 Å². The fourth-order valence-corrected chi connectivity index (χ4v) is 2.73. The highest BCUT2D eigenvalue weighted by molar-refractivity contribution is 6.33. The number of halogens is 1. The Hall–Kier alpha value is -2.23. The summed E-state index contributed by atoms with van der Waals surface area (Å²) < 4.78 is 5.53. The van der Waals surface area contributed by atoms with Gasteiger partial charge in [0.15, 0.2) is 0 Å². The van der Waals surface area contributed by atoms with Gasteiger partial charge in [-0.3, -0.25) is 9.97 Å². The van der Waals surface area contributed by atoms with E-state index < -0.39 is 5.60 Å². The zero-order valence-electron chi connectivity index (χ0n) is 14.0. The van der Waals surface area contributed by atoms with Crippen molar-refractivity contribution in [3.63, 3.8) is 0 Å². The number of ether oxygens (including phenoxy) is 1. The Labute approximate surface area is 147 Å². The van der Waals surface area contributed by atoms with Crippen molar-refractivity contribution < 1.29 is 4.74 Å². The molecule has 0 aliphatic carbocycles. The Morgan fingerprint density at radius 3 is 2.46 bits per heavy atom. The lowest BCUT2D eigenvalue weighted by molar-refractivity contribution is 0.0155. The van der Waals surface area contributed by atoms with Crippen LogP contribution in [0.1, 0.15) is 19.5 Å². The number of benzene rings is 1. The third-order valence-electron chi connectivity index (χ3n) is 4.14. The van der Waals surface area contributed by atoms with E-state index in [0.717, 1.165) is 27.9 Å². The number of pyridine rings is 2. The van der Waals surface area contributed by atoms with Gasteiger partial charge in [-0.05, 0) is 43.7 Å². The van der Waals surface area contributed by atoms with Crippen LogP contribution in [0, 0.1) is 0 Å². The molecule has 0 fully saturated rings. The van der Waals surface area contributed by atoms with Crippen molar-refractivity contribution in [2.45, 2.75) is 19.4 Å². The molecule has 122 valence electrons. The average Bonchev–Trinajstić information content (AvgIpc) is 2.62. The molecule has 0 radical (unpaired) electrons. The maximum Gasteiger partial charge on any atom is 0.104 e. The first-order chi connectivity index (χ1) is 11.5. The molecule has 0 amide bonds. The Kier molecular flexibility index (Phi) is 4.65. The topological polar surface area (TPSA) is 35.0 Å². The van der Waals surface area contributed by atoms with Crippen LogP contribution in [0.3, 0.4) is 0 Å². The molecule has 3 aromatic rings. The SMILES string of the molecule is COC(C)(C)c1cc(-c2cncc(-c3ccccc3Cl)c2)ccn1. The first-order valence-electron chi connectivity index (χ1n) is 7.73. The van der Waals surface area contributed by atoms with E-state index in [1.807, 2.05) is 62.6 Å². The van der Waals surface area contributed by atoms with E-state index in [1.54, 1.807) is 13.3 Å². The second-order valence-corrected chi connectivity index (χ2v) is 6.49. The summed E-state index contributed by atoms with van der Waals surface area (Å²) in [6, 6.07) is 13.9. The molecule has 0 N–H and O–H groups in total. The maximum absolute atomic E-state index is 6.31. The zero-order valence-corrected chi connectivity index (χ0v) is 14.7. The lowest BCUT2D eigenvalue weighted by Gasteiger charge is -2.22. The minimum absolute atomic E-state index is 0.441. The summed E-state index contributed by atoms with van der Waals surface area (Å²) in [5, 5.41) is 0.715. The monoisotopic (exact) mass is 338 g/mol. The van der Waals surface area contributed by atoms with E-state index in [1.165, 1.54) is 0 Å². The van der Waals surface area contributed by atoms with E-state index in [-0.39, 0.29) is 0 Å². The molecular weight excluding hydrogens is 320 g/mol. The van der Waals surface area contributed by atoms with Gasteiger partial charge >= 0.3 is 0 Å². The number of nitrogens with zero attached hydrogens (tertiary/aromatic N) is 2. The average molecular weight is 339 g/mol. The molecule has 24 heavy (non-hydrogen) atoms. The highest BCUT2D eigenvalue weighted by Crippen LogP contribution is 2.31. The summed E-state index contributed by atoms with van der Waals surface area (Å²) >= 11 is 6.31. The molecule has 0 unspecified atom stereocenters. The summed E-state index contributed by atoms with van der Waals surface area (Å²) in [6.07, 6.45) is 5.47. The lowest BCUT2D eigenvalue weighted by Crippen LogP contribution is -2.20. The summed E-state index contributed by atoms with van der Waals surface area (Å²) in [5.74, 6) is 0. The van der Waals surface area contributed by atoms with Crippen molar-refractivity contribution in [3.05, 3.63) is 71.8 Å². The van der Waals surface area contributed by atoms with Gasteiger partial charge in [-0.2, -0.15) is 0 Å². The predicted octanol–water partition coefficient (Wildman–Crippen LogP) is 5.35. The normalized spacial score (nSPS) is 11.5. The van der Waals surface area contributed by atoms with Gasteiger partial charge in [0.25, 0.3) is 0 Å². The van der Waals surface area contributed by atoms with E-state index in [0.29, 0.717) is 5.02 Å². The van der Waals surface area contributed by atoms with Crippen molar-refractivity contribution in [1.29, 1.82) is 0 Å². The van der Waals surface area contributed by atoms with Crippen LogP contribution in [0.25, 0.3) is 22.3 Å². The molecule has 0 saturated carbocycles. The van der Waals surface area contributed by atoms with Crippen LogP contribution >= 0.6 is 11.6 Å². The first-order valence-corrected chi connectivity index (χ1v) is 8.11. The molecule has 3 rings (SSSR count). The van der Waals surface area contributed by atoms with Crippen LogP contribution in [-0.2, 0) is 10.3 Å². The number of aromatic nitrogens is 2. The molecule has 2 heterocycles. The minimum atomic E-state index is -0.441. The quantitative estimate of drug-likeness (QED) is 0.643. The van der Waals surface area contributed by atoms with Crippen LogP contribution in [0.4, 0.5) is 0 Å². The number of rotatable bonds is 4. The van der Waals surface area contributed by atoms with Crippen molar-refractivity contribution >= 4 is 11.6 Å². The fraction of sp³-hybridized carbons (Fsp3) is 0.200. The van der Waals surface area contributed by atoms with Crippen LogP contribution in [-0.4, -0.2) is 17.1 Å². The number of methoxy groups -OCH3 is 1. The van der Waals surface area contributed by atoms with Crippen LogP contribution in [0.2, 0.25) is 5.02 Å². The van der Waals surface area contributed by atoms with Crippen molar-refractivity contribution in [3.8, 4) is 22.3 Å². The standard InChI is InChI=1S/C20H19ClN2O/c1-20(2,24-3)19-11-14(8-9-23-19)15-10-16(13-22-12-15)17-6-4-5-7-18(17)21/h4-13H,1-3H3. The van der Waals surface area contributed by atoms with E-state index in [4.69, 9.17) is 16.3 Å². The van der Waals surface area contributed by atoms with Gasteiger partial charge < -0.3 is 4.74 Å². The van der Waals surface area contributed by atoms with Gasteiger partial charge in [-0.1, -0.05) is 29.8 Å². The van der Waals surface area contributed by atoms with Crippen LogP contribution in [0.5, 0.6) is 0 Å². The van der Waals surface area contributed by atoms with Gasteiger partial charge in [0, 0.05) is 47.4 Å². The van der Waals surface area contributed by atoms with Crippen LogP contribution in [0.15, 0.2) is 61.1 Å². The molecule has 3 nitrogen and oxygen atoms in total. The third kappa shape index (κ3) is 3.32. The lowest BCUT2D eigenvalue weighted by atomic mass is 9.98. The van der Waals surface area contributed by atoms with E-state index >= 15 is 0 Å². The van der Waals surface area contributed by atoms with Gasteiger partial charge in [-0.25, -0.2) is 0 Å². The third-order valence-corrected chi connectivity index (χ3v) is 4.47. The van der Waals surface area contributed by atoms with Gasteiger partial charge in [-0.15, -0.1) is 0 Å². The molecule has 0 atom stereocenters. The smallest absolute Gasteiger partial charge is 0.104 e. The van der Waals surface area contributed by atoms with E-state index in [2.05, 4.69) is 16.0 Å². The van der Waals surface area contributed by atoms with Crippen LogP contribution < -0.4 is 0 Å². The summed E-state index contributed by atoms with van der Waals surface area (Å²) in [5.41, 5.74) is 4.46. The second kappa shape index (κ2) is 6.71. The Balaban J connectivity index is 2.04. The number of hydrogen-bond acceptors (Lipinski definition) is 3. The summed E-state index contributed by atoms with van der Waals surface area (Å²) in [7, 11) is 1.69. The molecule has 0 aliphatic heterocycles.